The quantitative estimate of drug-likeness (QED) is 0.0381. The van der Waals surface area contributed by atoms with E-state index in [1.54, 1.807) is 14.2 Å². The first kappa shape index (κ1) is 37.6. The second-order valence-electron chi connectivity index (χ2n) is 11.6. The molecule has 0 aliphatic heterocycles. The van der Waals surface area contributed by atoms with Crippen molar-refractivity contribution in [3.63, 3.8) is 0 Å². The van der Waals surface area contributed by atoms with E-state index in [0.29, 0.717) is 45.4 Å². The van der Waals surface area contributed by atoms with Crippen LogP contribution in [0.3, 0.4) is 0 Å². The van der Waals surface area contributed by atoms with Gasteiger partial charge in [-0.1, -0.05) is 72.8 Å². The number of hydrogen-bond donors (Lipinski definition) is 2. The van der Waals surface area contributed by atoms with Gasteiger partial charge in [0.05, 0.1) is 46.8 Å². The highest BCUT2D eigenvalue weighted by atomic mass is 16.6. The molecular formula is C40H32N10O6. The SMILES string of the molecule is COc1cc(-c2ccc(N/N=C(\N=Nc3ccc([N+](=O)[O-])cc3)c3ccccc3)c(OC)c2)ccc1N/N=C(\N=Nc1ccc([N+](=O)[O-])cc1)c1ccccc1. The lowest BCUT2D eigenvalue weighted by molar-refractivity contribution is -0.385. The molecule has 0 unspecified atom stereocenters. The van der Waals surface area contributed by atoms with Crippen molar-refractivity contribution in [1.29, 1.82) is 0 Å². The van der Waals surface area contributed by atoms with E-state index >= 15 is 0 Å². The van der Waals surface area contributed by atoms with Crippen molar-refractivity contribution in [2.45, 2.75) is 0 Å². The number of ether oxygens (including phenoxy) is 2. The molecule has 2 N–H and O–H groups in total. The van der Waals surface area contributed by atoms with Crippen LogP contribution in [0.15, 0.2) is 176 Å². The summed E-state index contributed by atoms with van der Waals surface area (Å²) in [5, 5.41) is 48.2. The molecule has 0 saturated heterocycles. The van der Waals surface area contributed by atoms with Crippen LogP contribution in [0.4, 0.5) is 34.1 Å². The number of benzene rings is 6. The van der Waals surface area contributed by atoms with Crippen LogP contribution >= 0.6 is 0 Å². The first-order valence-corrected chi connectivity index (χ1v) is 16.8. The molecule has 0 fully saturated rings. The number of hydrogen-bond acceptors (Lipinski definition) is 12. The zero-order chi connectivity index (χ0) is 39.3. The molecule has 0 heterocycles. The Balaban J connectivity index is 1.22. The molecule has 6 rings (SSSR count). The third-order valence-electron chi connectivity index (χ3n) is 8.01. The van der Waals surface area contributed by atoms with Gasteiger partial charge in [-0.3, -0.25) is 31.1 Å². The summed E-state index contributed by atoms with van der Waals surface area (Å²) in [7, 11) is 3.10. The third-order valence-corrected chi connectivity index (χ3v) is 8.01. The summed E-state index contributed by atoms with van der Waals surface area (Å²) in [6.45, 7) is 0. The van der Waals surface area contributed by atoms with E-state index in [-0.39, 0.29) is 23.0 Å². The minimum atomic E-state index is -0.480. The van der Waals surface area contributed by atoms with Crippen LogP contribution in [0, 0.1) is 20.2 Å². The maximum atomic E-state index is 11.0. The molecule has 16 heteroatoms. The first-order valence-electron chi connectivity index (χ1n) is 16.8. The summed E-state index contributed by atoms with van der Waals surface area (Å²) >= 11 is 0. The third kappa shape index (κ3) is 9.64. The number of non-ortho nitro benzene ring substituents is 2. The van der Waals surface area contributed by atoms with Crippen molar-refractivity contribution in [2.75, 3.05) is 25.1 Å². The number of nitro groups is 2. The lowest BCUT2D eigenvalue weighted by Gasteiger charge is -2.13. The molecule has 16 nitrogen and oxygen atoms in total. The Morgan fingerprint density at radius 2 is 0.893 bits per heavy atom. The fourth-order valence-corrected chi connectivity index (χ4v) is 5.11. The van der Waals surface area contributed by atoms with E-state index in [1.807, 2.05) is 97.1 Å². The van der Waals surface area contributed by atoms with Crippen LogP contribution in [-0.2, 0) is 0 Å². The van der Waals surface area contributed by atoms with Crippen molar-refractivity contribution in [3.8, 4) is 22.6 Å². The lowest BCUT2D eigenvalue weighted by atomic mass is 10.0. The van der Waals surface area contributed by atoms with Crippen molar-refractivity contribution >= 4 is 45.8 Å². The maximum absolute atomic E-state index is 11.0. The highest BCUT2D eigenvalue weighted by molar-refractivity contribution is 6.00. The number of amidine groups is 2. The van der Waals surface area contributed by atoms with Crippen molar-refractivity contribution in [1.82, 2.24) is 0 Å². The fraction of sp³-hybridized carbons (Fsp3) is 0.0500. The van der Waals surface area contributed by atoms with E-state index in [1.165, 1.54) is 48.5 Å². The summed E-state index contributed by atoms with van der Waals surface area (Å²) in [5.41, 5.74) is 11.0. The summed E-state index contributed by atoms with van der Waals surface area (Å²) in [4.78, 5) is 21.1. The van der Waals surface area contributed by atoms with Crippen LogP contribution in [0.5, 0.6) is 11.5 Å². The number of nitrogens with zero attached hydrogens (tertiary/aromatic N) is 8. The van der Waals surface area contributed by atoms with Crippen LogP contribution in [0.25, 0.3) is 11.1 Å². The molecule has 6 aromatic rings. The number of azo groups is 2. The standard InChI is InChI=1S/C40H32N10O6/c1-55-37-25-29(13-23-35(37)43-47-39(27-9-5-3-6-10-27)45-41-31-15-19-33(20-16-31)49(51)52)30-14-24-36(38(26-30)56-2)44-48-40(28-11-7-4-8-12-28)46-42-32-17-21-34(22-18-32)50(53)54/h3-26,43-44H,1-2H3/b45-41?,46-42?,47-39-,48-40-. The Kier molecular flexibility index (Phi) is 12.1. The summed E-state index contributed by atoms with van der Waals surface area (Å²) < 4.78 is 11.4. The van der Waals surface area contributed by atoms with E-state index < -0.39 is 9.85 Å². The van der Waals surface area contributed by atoms with Crippen LogP contribution in [0.2, 0.25) is 0 Å². The molecule has 0 aromatic heterocycles. The second-order valence-corrected chi connectivity index (χ2v) is 11.6. The van der Waals surface area contributed by atoms with Crippen molar-refractivity contribution in [3.05, 3.63) is 177 Å². The van der Waals surface area contributed by atoms with E-state index in [9.17, 15) is 20.2 Å². The van der Waals surface area contributed by atoms with Gasteiger partial charge in [0.1, 0.15) is 11.5 Å². The van der Waals surface area contributed by atoms with E-state index in [4.69, 9.17) is 9.47 Å². The highest BCUT2D eigenvalue weighted by Gasteiger charge is 2.12. The van der Waals surface area contributed by atoms with Crippen LogP contribution in [-0.4, -0.2) is 35.7 Å². The molecular weight excluding hydrogens is 717 g/mol. The first-order chi connectivity index (χ1) is 27.3. The normalized spacial score (nSPS) is 11.8. The molecule has 278 valence electrons. The minimum Gasteiger partial charge on any atom is -0.494 e. The van der Waals surface area contributed by atoms with Gasteiger partial charge < -0.3 is 9.47 Å². The zero-order valence-electron chi connectivity index (χ0n) is 29.9. The topological polar surface area (TPSA) is 203 Å². The maximum Gasteiger partial charge on any atom is 0.269 e. The van der Waals surface area contributed by atoms with Crippen molar-refractivity contribution < 1.29 is 19.3 Å². The number of nitro benzene ring substituents is 2. The average molecular weight is 749 g/mol. The second kappa shape index (κ2) is 18.1. The number of nitrogens with one attached hydrogen (secondary N) is 2. The van der Waals surface area contributed by atoms with Crippen molar-refractivity contribution in [2.24, 2.45) is 30.7 Å². The summed E-state index contributed by atoms with van der Waals surface area (Å²) in [6.07, 6.45) is 0. The summed E-state index contributed by atoms with van der Waals surface area (Å²) in [5.74, 6) is 1.55. The van der Waals surface area contributed by atoms with Crippen LogP contribution in [0.1, 0.15) is 11.1 Å². The number of rotatable bonds is 13. The van der Waals surface area contributed by atoms with Gasteiger partial charge in [-0.25, -0.2) is 0 Å². The lowest BCUT2D eigenvalue weighted by Crippen LogP contribution is -2.02. The van der Waals surface area contributed by atoms with Gasteiger partial charge in [-0.15, -0.1) is 20.5 Å². The smallest absolute Gasteiger partial charge is 0.269 e. The molecule has 0 spiro atoms. The van der Waals surface area contributed by atoms with E-state index in [2.05, 4.69) is 41.5 Å². The van der Waals surface area contributed by atoms with Crippen LogP contribution < -0.4 is 20.3 Å². The summed E-state index contributed by atoms with van der Waals surface area (Å²) in [6, 6.07) is 41.1. The molecule has 0 atom stereocenters. The predicted octanol–water partition coefficient (Wildman–Crippen LogP) is 10.3. The molecule has 0 saturated carbocycles. The fourth-order valence-electron chi connectivity index (χ4n) is 5.11. The Hall–Kier alpha value is -8.14. The number of methoxy groups -OCH3 is 2. The van der Waals surface area contributed by atoms with Gasteiger partial charge in [0.25, 0.3) is 11.4 Å². The molecule has 0 aliphatic carbocycles. The Bertz CT molecular complexity index is 2270. The van der Waals surface area contributed by atoms with Gasteiger partial charge >= 0.3 is 0 Å². The highest BCUT2D eigenvalue weighted by Crippen LogP contribution is 2.35. The molecule has 6 aromatic carbocycles. The Morgan fingerprint density at radius 3 is 1.23 bits per heavy atom. The molecule has 0 radical (unpaired) electrons. The Morgan fingerprint density at radius 1 is 0.518 bits per heavy atom. The largest absolute Gasteiger partial charge is 0.494 e. The van der Waals surface area contributed by atoms with Gasteiger partial charge in [-0.05, 0) is 59.7 Å². The number of anilines is 2. The zero-order valence-corrected chi connectivity index (χ0v) is 29.9. The average Bonchev–Trinajstić information content (AvgIpc) is 3.24. The molecule has 0 aliphatic rings. The molecule has 0 amide bonds. The van der Waals surface area contributed by atoms with E-state index in [0.717, 1.165) is 11.1 Å². The molecule has 56 heavy (non-hydrogen) atoms. The number of hydrazone groups is 2. The predicted molar refractivity (Wildman–Crippen MR) is 213 cm³/mol. The van der Waals surface area contributed by atoms with Gasteiger partial charge in [-0.2, -0.15) is 10.2 Å². The van der Waals surface area contributed by atoms with Gasteiger partial charge in [0.2, 0.25) is 11.7 Å². The minimum absolute atomic E-state index is 0.0470. The Labute approximate surface area is 319 Å². The van der Waals surface area contributed by atoms with Gasteiger partial charge in [0, 0.05) is 35.4 Å². The molecule has 0 bridgehead atoms. The van der Waals surface area contributed by atoms with Gasteiger partial charge in [0.15, 0.2) is 0 Å². The monoisotopic (exact) mass is 748 g/mol.